The lowest BCUT2D eigenvalue weighted by atomic mass is 10.1. The summed E-state index contributed by atoms with van der Waals surface area (Å²) >= 11 is 0. The highest BCUT2D eigenvalue weighted by Crippen LogP contribution is 2.12. The molecule has 0 aromatic carbocycles. The molecule has 0 heterocycles. The highest BCUT2D eigenvalue weighted by molar-refractivity contribution is 5.21. The van der Waals surface area contributed by atoms with Gasteiger partial charge in [0.25, 0.3) is 0 Å². The van der Waals surface area contributed by atoms with Crippen molar-refractivity contribution < 1.29 is 5.11 Å². The Morgan fingerprint density at radius 1 is 0.941 bits per heavy atom. The third-order valence-electron chi connectivity index (χ3n) is 3.23. The lowest BCUT2D eigenvalue weighted by Crippen LogP contribution is -1.84. The first-order chi connectivity index (χ1) is 8.22. The summed E-state index contributed by atoms with van der Waals surface area (Å²) in [6.07, 6.45) is 15.6. The molecule has 0 atom stereocenters. The van der Waals surface area contributed by atoms with Crippen molar-refractivity contribution in [1.29, 1.82) is 0 Å². The Kier molecular flexibility index (Phi) is 11.3. The monoisotopic (exact) mass is 238 g/mol. The van der Waals surface area contributed by atoms with Gasteiger partial charge in [-0.1, -0.05) is 57.9 Å². The van der Waals surface area contributed by atoms with Gasteiger partial charge in [-0.15, -0.1) is 0 Å². The molecule has 0 radical (unpaired) electrons. The van der Waals surface area contributed by atoms with Crippen LogP contribution in [0.1, 0.15) is 78.6 Å². The van der Waals surface area contributed by atoms with E-state index in [1.807, 2.05) is 26.0 Å². The van der Waals surface area contributed by atoms with E-state index in [-0.39, 0.29) is 0 Å². The predicted octanol–water partition coefficient (Wildman–Crippen LogP) is 5.93. The van der Waals surface area contributed by atoms with Gasteiger partial charge in [0.1, 0.15) is 5.76 Å². The fourth-order valence-electron chi connectivity index (χ4n) is 1.83. The van der Waals surface area contributed by atoms with Crippen LogP contribution in [0.4, 0.5) is 0 Å². The smallest absolute Gasteiger partial charge is 0.114 e. The molecule has 1 nitrogen and oxygen atoms in total. The molecule has 1 heteroatoms. The van der Waals surface area contributed by atoms with Gasteiger partial charge in [-0.3, -0.25) is 0 Å². The van der Waals surface area contributed by atoms with Crippen LogP contribution >= 0.6 is 0 Å². The van der Waals surface area contributed by atoms with E-state index in [1.165, 1.54) is 51.4 Å². The highest BCUT2D eigenvalue weighted by Gasteiger charge is 1.94. The van der Waals surface area contributed by atoms with Crippen molar-refractivity contribution in [2.75, 3.05) is 0 Å². The van der Waals surface area contributed by atoms with Gasteiger partial charge in [-0.2, -0.15) is 0 Å². The summed E-state index contributed by atoms with van der Waals surface area (Å²) in [4.78, 5) is 0. The molecule has 0 amide bonds. The topological polar surface area (TPSA) is 20.2 Å². The molecule has 0 aliphatic rings. The van der Waals surface area contributed by atoms with Crippen LogP contribution in [0, 0.1) is 0 Å². The maximum Gasteiger partial charge on any atom is 0.114 e. The van der Waals surface area contributed by atoms with E-state index >= 15 is 0 Å². The van der Waals surface area contributed by atoms with Gasteiger partial charge in [-0.25, -0.2) is 0 Å². The van der Waals surface area contributed by atoms with Gasteiger partial charge in [0, 0.05) is 0 Å². The molecule has 0 aliphatic heterocycles. The molecule has 0 saturated heterocycles. The molecule has 0 bridgehead atoms. The predicted molar refractivity (Wildman–Crippen MR) is 77.4 cm³/mol. The fraction of sp³-hybridized carbons (Fsp3) is 0.750. The van der Waals surface area contributed by atoms with Crippen molar-refractivity contribution in [3.05, 3.63) is 23.5 Å². The minimum absolute atomic E-state index is 0.454. The molecule has 0 aliphatic carbocycles. The fourth-order valence-corrected chi connectivity index (χ4v) is 1.83. The maximum atomic E-state index is 9.61. The van der Waals surface area contributed by atoms with Crippen LogP contribution < -0.4 is 0 Å². The Balaban J connectivity index is 3.35. The van der Waals surface area contributed by atoms with Crippen LogP contribution in [0.2, 0.25) is 0 Å². The highest BCUT2D eigenvalue weighted by atomic mass is 16.3. The lowest BCUT2D eigenvalue weighted by molar-refractivity contribution is 0.419. The lowest BCUT2D eigenvalue weighted by Gasteiger charge is -2.01. The van der Waals surface area contributed by atoms with E-state index < -0.39 is 0 Å². The molecule has 0 saturated carbocycles. The van der Waals surface area contributed by atoms with Gasteiger partial charge in [0.2, 0.25) is 0 Å². The SMILES string of the molecule is C/C=C(C)\C(O)=C\CCCCCCCCCC. The number of rotatable bonds is 10. The number of aliphatic hydroxyl groups is 1. The van der Waals surface area contributed by atoms with Gasteiger partial charge in [0.15, 0.2) is 0 Å². The number of hydrogen-bond acceptors (Lipinski definition) is 1. The number of unbranched alkanes of at least 4 members (excludes halogenated alkanes) is 8. The molecule has 0 unspecified atom stereocenters. The van der Waals surface area contributed by atoms with E-state index in [1.54, 1.807) is 0 Å². The van der Waals surface area contributed by atoms with Crippen LogP contribution in [0.5, 0.6) is 0 Å². The summed E-state index contributed by atoms with van der Waals surface area (Å²) in [6.45, 7) is 6.15. The minimum atomic E-state index is 0.454. The van der Waals surface area contributed by atoms with Crippen LogP contribution in [-0.2, 0) is 0 Å². The number of allylic oxidation sites excluding steroid dienone is 3. The van der Waals surface area contributed by atoms with E-state index in [9.17, 15) is 5.11 Å². The van der Waals surface area contributed by atoms with Crippen molar-refractivity contribution in [1.82, 2.24) is 0 Å². The average Bonchev–Trinajstić information content (AvgIpc) is 2.35. The Morgan fingerprint density at radius 2 is 1.47 bits per heavy atom. The standard InChI is InChI=1S/C16H30O/c1-4-6-7-8-9-10-11-12-13-14-16(17)15(3)5-2/h5,14,17H,4,6-13H2,1-3H3/b15-5-,16-14-. The second-order valence-electron chi connectivity index (χ2n) is 4.82. The van der Waals surface area contributed by atoms with Gasteiger partial charge < -0.3 is 5.11 Å². The minimum Gasteiger partial charge on any atom is -0.508 e. The van der Waals surface area contributed by atoms with Gasteiger partial charge >= 0.3 is 0 Å². The molecular weight excluding hydrogens is 208 g/mol. The molecule has 0 spiro atoms. The van der Waals surface area contributed by atoms with Crippen molar-refractivity contribution >= 4 is 0 Å². The molecule has 1 N–H and O–H groups in total. The van der Waals surface area contributed by atoms with Crippen LogP contribution in [0.15, 0.2) is 23.5 Å². The van der Waals surface area contributed by atoms with Gasteiger partial charge in [-0.05, 0) is 38.3 Å². The summed E-state index contributed by atoms with van der Waals surface area (Å²) in [5.41, 5.74) is 0.976. The second kappa shape index (κ2) is 11.8. The molecule has 0 aromatic heterocycles. The average molecular weight is 238 g/mol. The van der Waals surface area contributed by atoms with Crippen molar-refractivity contribution in [2.24, 2.45) is 0 Å². The molecule has 0 aromatic rings. The first-order valence-corrected chi connectivity index (χ1v) is 7.24. The Morgan fingerprint density at radius 3 is 2.00 bits per heavy atom. The second-order valence-corrected chi connectivity index (χ2v) is 4.82. The maximum absolute atomic E-state index is 9.61. The van der Waals surface area contributed by atoms with Gasteiger partial charge in [0.05, 0.1) is 0 Å². The van der Waals surface area contributed by atoms with E-state index in [2.05, 4.69) is 6.92 Å². The number of aliphatic hydroxyl groups excluding tert-OH is 1. The summed E-state index contributed by atoms with van der Waals surface area (Å²) in [5.74, 6) is 0.454. The quantitative estimate of drug-likeness (QED) is 0.284. The third kappa shape index (κ3) is 10.2. The first-order valence-electron chi connectivity index (χ1n) is 7.24. The third-order valence-corrected chi connectivity index (χ3v) is 3.23. The summed E-state index contributed by atoms with van der Waals surface area (Å²) in [5, 5.41) is 9.61. The number of hydrogen-bond donors (Lipinski definition) is 1. The van der Waals surface area contributed by atoms with Crippen LogP contribution in [0.3, 0.4) is 0 Å². The van der Waals surface area contributed by atoms with Crippen molar-refractivity contribution in [3.8, 4) is 0 Å². The zero-order valence-corrected chi connectivity index (χ0v) is 12.0. The Bertz CT molecular complexity index is 226. The molecule has 100 valence electrons. The molecule has 0 rings (SSSR count). The zero-order chi connectivity index (χ0) is 12.9. The summed E-state index contributed by atoms with van der Waals surface area (Å²) in [7, 11) is 0. The van der Waals surface area contributed by atoms with Crippen molar-refractivity contribution in [3.63, 3.8) is 0 Å². The normalized spacial score (nSPS) is 13.1. The Labute approximate surface area is 108 Å². The molecule has 17 heavy (non-hydrogen) atoms. The van der Waals surface area contributed by atoms with E-state index in [0.29, 0.717) is 5.76 Å². The van der Waals surface area contributed by atoms with Crippen molar-refractivity contribution in [2.45, 2.75) is 78.6 Å². The van der Waals surface area contributed by atoms with Crippen LogP contribution in [0.25, 0.3) is 0 Å². The molecule has 0 fully saturated rings. The molecular formula is C16H30O. The zero-order valence-electron chi connectivity index (χ0n) is 12.0. The Hall–Kier alpha value is -0.720. The van der Waals surface area contributed by atoms with E-state index in [0.717, 1.165) is 12.0 Å². The largest absolute Gasteiger partial charge is 0.508 e. The summed E-state index contributed by atoms with van der Waals surface area (Å²) < 4.78 is 0. The first kappa shape index (κ1) is 16.3. The van der Waals surface area contributed by atoms with Crippen LogP contribution in [-0.4, -0.2) is 5.11 Å². The van der Waals surface area contributed by atoms with E-state index in [4.69, 9.17) is 0 Å². The summed E-state index contributed by atoms with van der Waals surface area (Å²) in [6, 6.07) is 0.